The number of amides is 3. The third-order valence-corrected chi connectivity index (χ3v) is 5.91. The van der Waals surface area contributed by atoms with E-state index in [2.05, 4.69) is 5.32 Å². The number of urea groups is 1. The zero-order chi connectivity index (χ0) is 18.0. The summed E-state index contributed by atoms with van der Waals surface area (Å²) in [5.41, 5.74) is -0.798. The number of carbonyl (C=O) groups is 3. The molecule has 0 bridgehead atoms. The number of carbonyl (C=O) groups excluding carboxylic acids is 2. The molecule has 8 heteroatoms. The summed E-state index contributed by atoms with van der Waals surface area (Å²) in [5, 5.41) is 12.4. The van der Waals surface area contributed by atoms with Crippen molar-refractivity contribution in [3.8, 4) is 0 Å². The van der Waals surface area contributed by atoms with Crippen molar-refractivity contribution >= 4 is 17.9 Å². The molecule has 0 aromatic heterocycles. The van der Waals surface area contributed by atoms with Crippen molar-refractivity contribution in [2.45, 2.75) is 38.6 Å². The molecular formula is C17H27N3O5. The molecule has 0 spiro atoms. The molecule has 2 N–H and O–H groups in total. The molecular weight excluding hydrogens is 326 g/mol. The first-order chi connectivity index (χ1) is 12.0. The van der Waals surface area contributed by atoms with E-state index in [4.69, 9.17) is 4.74 Å². The fourth-order valence-corrected chi connectivity index (χ4v) is 4.38. The Hall–Kier alpha value is -1.83. The van der Waals surface area contributed by atoms with Crippen molar-refractivity contribution in [2.75, 3.05) is 39.4 Å². The van der Waals surface area contributed by atoms with Crippen molar-refractivity contribution in [1.82, 2.24) is 15.1 Å². The first-order valence-electron chi connectivity index (χ1n) is 9.13. The number of carboxylic acid groups (broad SMARTS) is 1. The Kier molecular flexibility index (Phi) is 5.17. The van der Waals surface area contributed by atoms with Crippen molar-refractivity contribution in [1.29, 1.82) is 0 Å². The number of carboxylic acids is 1. The number of hydrogen-bond acceptors (Lipinski definition) is 4. The van der Waals surface area contributed by atoms with Crippen molar-refractivity contribution in [3.05, 3.63) is 0 Å². The van der Waals surface area contributed by atoms with Crippen molar-refractivity contribution in [2.24, 2.45) is 11.3 Å². The Bertz CT molecular complexity index is 548. The average Bonchev–Trinajstić information content (AvgIpc) is 3.18. The molecule has 3 aliphatic rings. The summed E-state index contributed by atoms with van der Waals surface area (Å²) < 4.78 is 5.26. The number of nitrogens with zero attached hydrogens (tertiary/aromatic N) is 2. The van der Waals surface area contributed by atoms with Crippen LogP contribution in [0.1, 0.15) is 32.6 Å². The lowest BCUT2D eigenvalue weighted by molar-refractivity contribution is -0.149. The van der Waals surface area contributed by atoms with E-state index in [1.54, 1.807) is 9.80 Å². The van der Waals surface area contributed by atoms with Crippen LogP contribution in [0.25, 0.3) is 0 Å². The zero-order valence-corrected chi connectivity index (χ0v) is 14.7. The van der Waals surface area contributed by atoms with E-state index < -0.39 is 17.4 Å². The first-order valence-corrected chi connectivity index (χ1v) is 9.13. The fraction of sp³-hybridized carbons (Fsp3) is 0.824. The zero-order valence-electron chi connectivity index (χ0n) is 14.7. The van der Waals surface area contributed by atoms with E-state index in [1.807, 2.05) is 6.92 Å². The number of nitrogens with one attached hydrogen (secondary N) is 1. The standard InChI is InChI=1S/C17H27N3O5/c1-2-13(14(21)19-6-8-25-9-7-19)18-16(24)20-10-12-4-3-5-17(12,11-20)15(22)23/h12-13H,2-11H2,1H3,(H,18,24)(H,22,23)/t12-,13?,17+/m0/s1. The smallest absolute Gasteiger partial charge is 0.318 e. The predicted octanol–water partition coefficient (Wildman–Crippen LogP) is 0.520. The Morgan fingerprint density at radius 2 is 2.00 bits per heavy atom. The van der Waals surface area contributed by atoms with Gasteiger partial charge in [0.25, 0.3) is 0 Å². The van der Waals surface area contributed by atoms with Crippen LogP contribution in [-0.2, 0) is 14.3 Å². The maximum atomic E-state index is 12.6. The number of hydrogen-bond donors (Lipinski definition) is 2. The molecule has 2 saturated heterocycles. The predicted molar refractivity (Wildman–Crippen MR) is 89.0 cm³/mol. The number of likely N-dealkylation sites (tertiary alicyclic amines) is 1. The molecule has 0 aromatic rings. The van der Waals surface area contributed by atoms with Crippen LogP contribution in [0, 0.1) is 11.3 Å². The molecule has 2 aliphatic heterocycles. The van der Waals surface area contributed by atoms with Gasteiger partial charge in [0, 0.05) is 26.2 Å². The highest BCUT2D eigenvalue weighted by Crippen LogP contribution is 2.48. The van der Waals surface area contributed by atoms with E-state index in [0.29, 0.717) is 45.7 Å². The Morgan fingerprint density at radius 1 is 1.28 bits per heavy atom. The van der Waals surface area contributed by atoms with Crippen molar-refractivity contribution < 1.29 is 24.2 Å². The minimum absolute atomic E-state index is 0.0192. The maximum Gasteiger partial charge on any atom is 0.318 e. The lowest BCUT2D eigenvalue weighted by Gasteiger charge is -2.31. The van der Waals surface area contributed by atoms with E-state index in [-0.39, 0.29) is 24.4 Å². The van der Waals surface area contributed by atoms with E-state index in [1.165, 1.54) is 0 Å². The monoisotopic (exact) mass is 353 g/mol. The van der Waals surface area contributed by atoms with Gasteiger partial charge in [0.2, 0.25) is 5.91 Å². The van der Waals surface area contributed by atoms with Crippen LogP contribution < -0.4 is 5.32 Å². The Labute approximate surface area is 147 Å². The lowest BCUT2D eigenvalue weighted by Crippen LogP contribution is -2.54. The van der Waals surface area contributed by atoms with Crippen LogP contribution in [0.3, 0.4) is 0 Å². The average molecular weight is 353 g/mol. The van der Waals surface area contributed by atoms with Gasteiger partial charge in [-0.1, -0.05) is 13.3 Å². The molecule has 1 saturated carbocycles. The van der Waals surface area contributed by atoms with Gasteiger partial charge in [-0.05, 0) is 25.2 Å². The summed E-state index contributed by atoms with van der Waals surface area (Å²) in [4.78, 5) is 40.2. The van der Waals surface area contributed by atoms with Crippen LogP contribution in [0.5, 0.6) is 0 Å². The minimum Gasteiger partial charge on any atom is -0.481 e. The minimum atomic E-state index is -0.804. The topological polar surface area (TPSA) is 99.2 Å². The third-order valence-electron chi connectivity index (χ3n) is 5.91. The number of fused-ring (bicyclic) bond motifs is 1. The van der Waals surface area contributed by atoms with Gasteiger partial charge in [-0.15, -0.1) is 0 Å². The van der Waals surface area contributed by atoms with Crippen LogP contribution in [0.4, 0.5) is 4.79 Å². The second-order valence-electron chi connectivity index (χ2n) is 7.28. The van der Waals surface area contributed by atoms with Gasteiger partial charge >= 0.3 is 12.0 Å². The molecule has 3 amide bonds. The molecule has 3 fully saturated rings. The normalized spacial score (nSPS) is 30.0. The third kappa shape index (κ3) is 3.31. The number of rotatable bonds is 4. The lowest BCUT2D eigenvalue weighted by atomic mass is 9.81. The number of ether oxygens (including phenoxy) is 1. The summed E-state index contributed by atoms with van der Waals surface area (Å²) in [5.74, 6) is -0.876. The molecule has 1 unspecified atom stereocenters. The molecule has 2 heterocycles. The van der Waals surface area contributed by atoms with Crippen LogP contribution in [0.15, 0.2) is 0 Å². The highest BCUT2D eigenvalue weighted by molar-refractivity contribution is 5.88. The molecule has 3 rings (SSSR count). The largest absolute Gasteiger partial charge is 0.481 e. The number of aliphatic carboxylic acids is 1. The molecule has 1 aliphatic carbocycles. The molecule has 0 aromatic carbocycles. The van der Waals surface area contributed by atoms with Gasteiger partial charge in [-0.25, -0.2) is 4.79 Å². The van der Waals surface area contributed by atoms with E-state index in [9.17, 15) is 19.5 Å². The van der Waals surface area contributed by atoms with Gasteiger partial charge in [0.15, 0.2) is 0 Å². The highest BCUT2D eigenvalue weighted by atomic mass is 16.5. The van der Waals surface area contributed by atoms with Crippen LogP contribution in [0.2, 0.25) is 0 Å². The summed E-state index contributed by atoms with van der Waals surface area (Å²) in [7, 11) is 0. The van der Waals surface area contributed by atoms with Gasteiger partial charge < -0.3 is 25.0 Å². The summed E-state index contributed by atoms with van der Waals surface area (Å²) in [6.45, 7) is 4.68. The van der Waals surface area contributed by atoms with E-state index >= 15 is 0 Å². The Morgan fingerprint density at radius 3 is 2.60 bits per heavy atom. The quantitative estimate of drug-likeness (QED) is 0.768. The molecule has 0 radical (unpaired) electrons. The molecule has 8 nitrogen and oxygen atoms in total. The maximum absolute atomic E-state index is 12.6. The second kappa shape index (κ2) is 7.19. The summed E-state index contributed by atoms with van der Waals surface area (Å²) >= 11 is 0. The highest BCUT2D eigenvalue weighted by Gasteiger charge is 2.56. The first kappa shape index (κ1) is 18.0. The fourth-order valence-electron chi connectivity index (χ4n) is 4.38. The number of morpholine rings is 1. The Balaban J connectivity index is 1.61. The summed E-state index contributed by atoms with van der Waals surface area (Å²) in [6.07, 6.45) is 2.88. The van der Waals surface area contributed by atoms with Crippen LogP contribution >= 0.6 is 0 Å². The molecule has 3 atom stereocenters. The molecule has 25 heavy (non-hydrogen) atoms. The summed E-state index contributed by atoms with van der Waals surface area (Å²) in [6, 6.07) is -0.907. The van der Waals surface area contributed by atoms with E-state index in [0.717, 1.165) is 12.8 Å². The van der Waals surface area contributed by atoms with Crippen LogP contribution in [-0.4, -0.2) is 78.2 Å². The van der Waals surface area contributed by atoms with Crippen molar-refractivity contribution in [3.63, 3.8) is 0 Å². The second-order valence-corrected chi connectivity index (χ2v) is 7.28. The van der Waals surface area contributed by atoms with Gasteiger partial charge in [0.05, 0.1) is 18.6 Å². The van der Waals surface area contributed by atoms with Gasteiger partial charge in [-0.3, -0.25) is 9.59 Å². The SMILES string of the molecule is CCC(NC(=O)N1C[C@@H]2CCC[C@@]2(C(=O)O)C1)C(=O)N1CCOCC1. The molecule has 140 valence electrons. The van der Waals surface area contributed by atoms with Gasteiger partial charge in [-0.2, -0.15) is 0 Å². The van der Waals surface area contributed by atoms with Gasteiger partial charge in [0.1, 0.15) is 6.04 Å².